The Bertz CT molecular complexity index is 332. The van der Waals surface area contributed by atoms with E-state index in [0.717, 1.165) is 13.0 Å². The van der Waals surface area contributed by atoms with Crippen molar-refractivity contribution in [1.29, 1.82) is 0 Å². The van der Waals surface area contributed by atoms with Crippen molar-refractivity contribution >= 4 is 0 Å². The first kappa shape index (κ1) is 8.63. The van der Waals surface area contributed by atoms with Gasteiger partial charge in [0.05, 0.1) is 0 Å². The van der Waals surface area contributed by atoms with Crippen molar-refractivity contribution in [2.75, 3.05) is 6.54 Å². The highest BCUT2D eigenvalue weighted by molar-refractivity contribution is 5.30. The Morgan fingerprint density at radius 1 is 1.38 bits per heavy atom. The molecule has 0 amide bonds. The Morgan fingerprint density at radius 2 is 2.08 bits per heavy atom. The van der Waals surface area contributed by atoms with Crippen LogP contribution in [-0.4, -0.2) is 6.54 Å². The quantitative estimate of drug-likeness (QED) is 0.704. The summed E-state index contributed by atoms with van der Waals surface area (Å²) >= 11 is 0. The number of halogens is 2. The number of hydrogen-bond acceptors (Lipinski definition) is 1. The van der Waals surface area contributed by atoms with Crippen LogP contribution in [0.25, 0.3) is 0 Å². The van der Waals surface area contributed by atoms with Crippen molar-refractivity contribution in [3.05, 3.63) is 34.9 Å². The number of hydrogen-bond donors (Lipinski definition) is 1. The summed E-state index contributed by atoms with van der Waals surface area (Å²) in [5, 5.41) is 2.99. The third-order valence-corrected chi connectivity index (χ3v) is 2.49. The SMILES string of the molecule is Cc1ccc(F)c([C@@H]2CCN2)c1F. The second-order valence-electron chi connectivity index (χ2n) is 3.39. The molecule has 1 aromatic carbocycles. The molecular weight excluding hydrogens is 172 g/mol. The molecule has 0 aliphatic carbocycles. The maximum atomic E-state index is 13.5. The van der Waals surface area contributed by atoms with Gasteiger partial charge < -0.3 is 5.32 Å². The Hall–Kier alpha value is -0.960. The predicted molar refractivity (Wildman–Crippen MR) is 46.5 cm³/mol. The van der Waals surface area contributed by atoms with Gasteiger partial charge in [0.1, 0.15) is 11.6 Å². The lowest BCUT2D eigenvalue weighted by Gasteiger charge is -2.28. The summed E-state index contributed by atoms with van der Waals surface area (Å²) in [5.41, 5.74) is 0.705. The average Bonchev–Trinajstić information content (AvgIpc) is 2.02. The number of aryl methyl sites for hydroxylation is 1. The molecule has 0 aromatic heterocycles. The van der Waals surface area contributed by atoms with Crippen LogP contribution in [0.1, 0.15) is 23.6 Å². The number of nitrogens with one attached hydrogen (secondary N) is 1. The summed E-state index contributed by atoms with van der Waals surface area (Å²) in [4.78, 5) is 0. The van der Waals surface area contributed by atoms with Gasteiger partial charge in [-0.25, -0.2) is 8.78 Å². The molecule has 13 heavy (non-hydrogen) atoms. The van der Waals surface area contributed by atoms with Crippen molar-refractivity contribution in [1.82, 2.24) is 5.32 Å². The molecule has 1 N–H and O–H groups in total. The highest BCUT2D eigenvalue weighted by Gasteiger charge is 2.25. The van der Waals surface area contributed by atoms with Crippen LogP contribution >= 0.6 is 0 Å². The third kappa shape index (κ3) is 1.33. The Morgan fingerprint density at radius 3 is 2.62 bits per heavy atom. The van der Waals surface area contributed by atoms with Crippen LogP contribution in [-0.2, 0) is 0 Å². The van der Waals surface area contributed by atoms with E-state index in [-0.39, 0.29) is 11.6 Å². The summed E-state index contributed by atoms with van der Waals surface area (Å²) in [6, 6.07) is 2.67. The lowest BCUT2D eigenvalue weighted by molar-refractivity contribution is 0.355. The zero-order valence-corrected chi connectivity index (χ0v) is 7.40. The van der Waals surface area contributed by atoms with Crippen LogP contribution in [0.3, 0.4) is 0 Å². The van der Waals surface area contributed by atoms with Crippen molar-refractivity contribution in [3.63, 3.8) is 0 Å². The van der Waals surface area contributed by atoms with Gasteiger partial charge in [-0.2, -0.15) is 0 Å². The first-order valence-corrected chi connectivity index (χ1v) is 4.38. The molecule has 1 aromatic rings. The van der Waals surface area contributed by atoms with Gasteiger partial charge in [0.25, 0.3) is 0 Å². The van der Waals surface area contributed by atoms with E-state index in [1.165, 1.54) is 12.1 Å². The molecule has 1 fully saturated rings. The Labute approximate surface area is 75.8 Å². The second-order valence-corrected chi connectivity index (χ2v) is 3.39. The minimum Gasteiger partial charge on any atom is -0.310 e. The van der Waals surface area contributed by atoms with E-state index >= 15 is 0 Å². The van der Waals surface area contributed by atoms with Crippen LogP contribution in [0.15, 0.2) is 12.1 Å². The summed E-state index contributed by atoms with van der Waals surface area (Å²) in [6.45, 7) is 2.49. The Kier molecular flexibility index (Phi) is 2.04. The maximum absolute atomic E-state index is 13.5. The molecule has 1 saturated heterocycles. The van der Waals surface area contributed by atoms with Crippen molar-refractivity contribution in [2.24, 2.45) is 0 Å². The van der Waals surface area contributed by atoms with Gasteiger partial charge in [-0.05, 0) is 31.5 Å². The lowest BCUT2D eigenvalue weighted by Crippen LogP contribution is -2.36. The first-order valence-electron chi connectivity index (χ1n) is 4.38. The van der Waals surface area contributed by atoms with Gasteiger partial charge in [-0.15, -0.1) is 0 Å². The van der Waals surface area contributed by atoms with E-state index in [1.807, 2.05) is 0 Å². The number of benzene rings is 1. The van der Waals surface area contributed by atoms with Gasteiger partial charge in [0.2, 0.25) is 0 Å². The van der Waals surface area contributed by atoms with Gasteiger partial charge in [-0.3, -0.25) is 0 Å². The molecule has 1 nitrogen and oxygen atoms in total. The predicted octanol–water partition coefficient (Wildman–Crippen LogP) is 2.31. The van der Waals surface area contributed by atoms with Gasteiger partial charge in [0, 0.05) is 11.6 Å². The standard InChI is InChI=1S/C10H11F2N/c1-6-2-3-7(11)9(10(6)12)8-4-5-13-8/h2-3,8,13H,4-5H2,1H3/t8-/m0/s1. The zero-order valence-electron chi connectivity index (χ0n) is 7.40. The summed E-state index contributed by atoms with van der Waals surface area (Å²) in [7, 11) is 0. The lowest BCUT2D eigenvalue weighted by atomic mass is 9.95. The topological polar surface area (TPSA) is 12.0 Å². The minimum absolute atomic E-state index is 0.125. The molecule has 0 saturated carbocycles. The molecule has 1 aliphatic heterocycles. The van der Waals surface area contributed by atoms with Gasteiger partial charge in [0.15, 0.2) is 0 Å². The summed E-state index contributed by atoms with van der Waals surface area (Å²) < 4.78 is 26.7. The molecule has 0 unspecified atom stereocenters. The summed E-state index contributed by atoms with van der Waals surface area (Å²) in [6.07, 6.45) is 0.817. The van der Waals surface area contributed by atoms with E-state index in [4.69, 9.17) is 0 Å². The molecule has 2 rings (SSSR count). The Balaban J connectivity index is 2.46. The molecule has 0 spiro atoms. The molecule has 0 bridgehead atoms. The zero-order chi connectivity index (χ0) is 9.42. The number of rotatable bonds is 1. The second kappa shape index (κ2) is 3.07. The van der Waals surface area contributed by atoms with Crippen LogP contribution in [0.5, 0.6) is 0 Å². The highest BCUT2D eigenvalue weighted by atomic mass is 19.1. The fraction of sp³-hybridized carbons (Fsp3) is 0.400. The van der Waals surface area contributed by atoms with E-state index in [0.29, 0.717) is 5.56 Å². The molecule has 0 radical (unpaired) electrons. The third-order valence-electron chi connectivity index (χ3n) is 2.49. The summed E-state index contributed by atoms with van der Waals surface area (Å²) in [5.74, 6) is -0.850. The van der Waals surface area contributed by atoms with E-state index in [1.54, 1.807) is 6.92 Å². The molecule has 1 atom stereocenters. The van der Waals surface area contributed by atoms with E-state index in [2.05, 4.69) is 5.32 Å². The monoisotopic (exact) mass is 183 g/mol. The highest BCUT2D eigenvalue weighted by Crippen LogP contribution is 2.28. The fourth-order valence-corrected chi connectivity index (χ4v) is 1.53. The first-order chi connectivity index (χ1) is 6.20. The van der Waals surface area contributed by atoms with Crippen LogP contribution in [0, 0.1) is 18.6 Å². The molecule has 3 heteroatoms. The van der Waals surface area contributed by atoms with E-state index < -0.39 is 11.6 Å². The molecule has 70 valence electrons. The van der Waals surface area contributed by atoms with Crippen LogP contribution in [0.2, 0.25) is 0 Å². The molecular formula is C10H11F2N. The van der Waals surface area contributed by atoms with Crippen LogP contribution in [0.4, 0.5) is 8.78 Å². The van der Waals surface area contributed by atoms with Crippen molar-refractivity contribution < 1.29 is 8.78 Å². The fourth-order valence-electron chi connectivity index (χ4n) is 1.53. The molecule has 1 heterocycles. The average molecular weight is 183 g/mol. The van der Waals surface area contributed by atoms with E-state index in [9.17, 15) is 8.78 Å². The van der Waals surface area contributed by atoms with Gasteiger partial charge in [-0.1, -0.05) is 6.07 Å². The minimum atomic E-state index is -0.444. The van der Waals surface area contributed by atoms with Gasteiger partial charge >= 0.3 is 0 Å². The normalized spacial score (nSPS) is 21.3. The largest absolute Gasteiger partial charge is 0.310 e. The van der Waals surface area contributed by atoms with Crippen LogP contribution < -0.4 is 5.32 Å². The maximum Gasteiger partial charge on any atom is 0.133 e. The smallest absolute Gasteiger partial charge is 0.133 e. The van der Waals surface area contributed by atoms with Crippen molar-refractivity contribution in [2.45, 2.75) is 19.4 Å². The molecule has 1 aliphatic rings. The van der Waals surface area contributed by atoms with Crippen molar-refractivity contribution in [3.8, 4) is 0 Å².